The molecule has 1 aromatic heterocycles. The minimum atomic E-state index is 0.363. The average molecular weight is 201 g/mol. The molecule has 0 saturated heterocycles. The lowest BCUT2D eigenvalue weighted by atomic mass is 10.1. The summed E-state index contributed by atoms with van der Waals surface area (Å²) in [5, 5.41) is 7.67. The molecular formula is C9H13ClN2O. The standard InChI is InChI=1S/C9H13ClN2O/c1-3-7(2)6-13-8-4-9(10)12-11-5-8/h4-5,7H,3,6H2,1-2H3/t7-/m1/s1. The molecule has 0 saturated carbocycles. The number of rotatable bonds is 4. The van der Waals surface area contributed by atoms with Crippen LogP contribution in [-0.4, -0.2) is 16.8 Å². The zero-order valence-corrected chi connectivity index (χ0v) is 8.58. The molecule has 0 fully saturated rings. The van der Waals surface area contributed by atoms with Gasteiger partial charge in [-0.2, -0.15) is 5.10 Å². The van der Waals surface area contributed by atoms with Crippen LogP contribution in [0.5, 0.6) is 5.75 Å². The molecule has 1 aromatic rings. The third-order valence-electron chi connectivity index (χ3n) is 1.83. The van der Waals surface area contributed by atoms with E-state index in [1.54, 1.807) is 12.3 Å². The van der Waals surface area contributed by atoms with Gasteiger partial charge in [0.05, 0.1) is 12.8 Å². The Labute approximate surface area is 83.1 Å². The first-order chi connectivity index (χ1) is 6.22. The van der Waals surface area contributed by atoms with Crippen molar-refractivity contribution in [2.24, 2.45) is 5.92 Å². The normalized spacial score (nSPS) is 12.5. The first-order valence-electron chi connectivity index (χ1n) is 4.33. The zero-order chi connectivity index (χ0) is 9.68. The van der Waals surface area contributed by atoms with Gasteiger partial charge in [0.15, 0.2) is 5.15 Å². The van der Waals surface area contributed by atoms with Crippen molar-refractivity contribution in [1.82, 2.24) is 10.2 Å². The lowest BCUT2D eigenvalue weighted by molar-refractivity contribution is 0.255. The van der Waals surface area contributed by atoms with Crippen molar-refractivity contribution < 1.29 is 4.74 Å². The van der Waals surface area contributed by atoms with Crippen LogP contribution in [0.4, 0.5) is 0 Å². The Hall–Kier alpha value is -0.830. The lowest BCUT2D eigenvalue weighted by Gasteiger charge is -2.09. The molecule has 0 aliphatic heterocycles. The van der Waals surface area contributed by atoms with Crippen molar-refractivity contribution in [3.8, 4) is 5.75 Å². The Kier molecular flexibility index (Phi) is 3.96. The Bertz CT molecular complexity index is 268. The van der Waals surface area contributed by atoms with Gasteiger partial charge in [0.1, 0.15) is 5.75 Å². The summed E-state index contributed by atoms with van der Waals surface area (Å²) in [4.78, 5) is 0. The Balaban J connectivity index is 2.45. The zero-order valence-electron chi connectivity index (χ0n) is 7.83. The molecule has 1 rings (SSSR count). The van der Waals surface area contributed by atoms with Gasteiger partial charge < -0.3 is 4.74 Å². The smallest absolute Gasteiger partial charge is 0.155 e. The molecule has 1 atom stereocenters. The Morgan fingerprint density at radius 1 is 1.62 bits per heavy atom. The quantitative estimate of drug-likeness (QED) is 0.750. The molecule has 4 heteroatoms. The molecule has 0 unspecified atom stereocenters. The third-order valence-corrected chi connectivity index (χ3v) is 2.02. The molecule has 0 amide bonds. The van der Waals surface area contributed by atoms with E-state index in [9.17, 15) is 0 Å². The van der Waals surface area contributed by atoms with E-state index in [1.807, 2.05) is 0 Å². The minimum absolute atomic E-state index is 0.363. The number of ether oxygens (including phenoxy) is 1. The van der Waals surface area contributed by atoms with Crippen molar-refractivity contribution >= 4 is 11.6 Å². The monoisotopic (exact) mass is 200 g/mol. The van der Waals surface area contributed by atoms with Gasteiger partial charge >= 0.3 is 0 Å². The number of nitrogens with zero attached hydrogens (tertiary/aromatic N) is 2. The van der Waals surface area contributed by atoms with E-state index in [-0.39, 0.29) is 0 Å². The largest absolute Gasteiger partial charge is 0.492 e. The van der Waals surface area contributed by atoms with E-state index in [1.165, 1.54) is 0 Å². The van der Waals surface area contributed by atoms with Crippen LogP contribution in [0.3, 0.4) is 0 Å². The molecule has 0 spiro atoms. The number of hydrogen-bond donors (Lipinski definition) is 0. The molecule has 72 valence electrons. The van der Waals surface area contributed by atoms with Crippen LogP contribution < -0.4 is 4.74 Å². The topological polar surface area (TPSA) is 35.0 Å². The average Bonchev–Trinajstić information content (AvgIpc) is 2.14. The third kappa shape index (κ3) is 3.59. The molecule has 1 heterocycles. The van der Waals surface area contributed by atoms with Crippen molar-refractivity contribution in [2.75, 3.05) is 6.61 Å². The molecule has 0 N–H and O–H groups in total. The fourth-order valence-corrected chi connectivity index (χ4v) is 0.911. The molecule has 0 aromatic carbocycles. The fraction of sp³-hybridized carbons (Fsp3) is 0.556. The maximum absolute atomic E-state index is 5.64. The maximum Gasteiger partial charge on any atom is 0.155 e. The summed E-state index contributed by atoms with van der Waals surface area (Å²) in [6.45, 7) is 4.96. The highest BCUT2D eigenvalue weighted by atomic mass is 35.5. The molecule has 13 heavy (non-hydrogen) atoms. The van der Waals surface area contributed by atoms with Gasteiger partial charge in [0.2, 0.25) is 0 Å². The summed E-state index contributed by atoms with van der Waals surface area (Å²) < 4.78 is 5.45. The Morgan fingerprint density at radius 3 is 3.00 bits per heavy atom. The molecular weight excluding hydrogens is 188 g/mol. The van der Waals surface area contributed by atoms with Gasteiger partial charge in [-0.3, -0.25) is 0 Å². The van der Waals surface area contributed by atoms with E-state index in [0.29, 0.717) is 23.4 Å². The van der Waals surface area contributed by atoms with Gasteiger partial charge in [-0.1, -0.05) is 31.9 Å². The van der Waals surface area contributed by atoms with E-state index < -0.39 is 0 Å². The second-order valence-corrected chi connectivity index (χ2v) is 3.43. The van der Waals surface area contributed by atoms with Crippen LogP contribution in [0.2, 0.25) is 5.15 Å². The maximum atomic E-state index is 5.64. The van der Waals surface area contributed by atoms with E-state index in [2.05, 4.69) is 24.0 Å². The van der Waals surface area contributed by atoms with Crippen LogP contribution in [-0.2, 0) is 0 Å². The first kappa shape index (κ1) is 10.3. The fourth-order valence-electron chi connectivity index (χ4n) is 0.760. The van der Waals surface area contributed by atoms with Crippen LogP contribution in [0.15, 0.2) is 12.3 Å². The SMILES string of the molecule is CC[C@@H](C)COc1cnnc(Cl)c1. The van der Waals surface area contributed by atoms with Crippen LogP contribution in [0.1, 0.15) is 20.3 Å². The second kappa shape index (κ2) is 5.02. The number of hydrogen-bond acceptors (Lipinski definition) is 3. The van der Waals surface area contributed by atoms with Crippen molar-refractivity contribution in [3.05, 3.63) is 17.4 Å². The van der Waals surface area contributed by atoms with Crippen LogP contribution in [0, 0.1) is 5.92 Å². The van der Waals surface area contributed by atoms with E-state index in [0.717, 1.165) is 6.42 Å². The van der Waals surface area contributed by atoms with Gasteiger partial charge in [-0.25, -0.2) is 0 Å². The van der Waals surface area contributed by atoms with Gasteiger partial charge in [0.25, 0.3) is 0 Å². The Morgan fingerprint density at radius 2 is 2.38 bits per heavy atom. The highest BCUT2D eigenvalue weighted by molar-refractivity contribution is 6.29. The summed E-state index contributed by atoms with van der Waals surface area (Å²) in [5.41, 5.74) is 0. The van der Waals surface area contributed by atoms with Crippen molar-refractivity contribution in [1.29, 1.82) is 0 Å². The van der Waals surface area contributed by atoms with E-state index >= 15 is 0 Å². The van der Waals surface area contributed by atoms with Crippen molar-refractivity contribution in [3.63, 3.8) is 0 Å². The van der Waals surface area contributed by atoms with Crippen molar-refractivity contribution in [2.45, 2.75) is 20.3 Å². The minimum Gasteiger partial charge on any atom is -0.492 e. The molecule has 0 bridgehead atoms. The predicted molar refractivity (Wildman–Crippen MR) is 52.0 cm³/mol. The molecule has 0 aliphatic rings. The van der Waals surface area contributed by atoms with Crippen LogP contribution >= 0.6 is 11.6 Å². The highest BCUT2D eigenvalue weighted by Gasteiger charge is 2.01. The lowest BCUT2D eigenvalue weighted by Crippen LogP contribution is -2.07. The summed E-state index contributed by atoms with van der Waals surface area (Å²) in [7, 11) is 0. The predicted octanol–water partition coefficient (Wildman–Crippen LogP) is 2.55. The second-order valence-electron chi connectivity index (χ2n) is 3.04. The molecule has 3 nitrogen and oxygen atoms in total. The summed E-state index contributed by atoms with van der Waals surface area (Å²) >= 11 is 5.64. The summed E-state index contributed by atoms with van der Waals surface area (Å²) in [5.74, 6) is 1.23. The first-order valence-corrected chi connectivity index (χ1v) is 4.71. The highest BCUT2D eigenvalue weighted by Crippen LogP contribution is 2.14. The summed E-state index contributed by atoms with van der Waals surface area (Å²) in [6.07, 6.45) is 2.67. The van der Waals surface area contributed by atoms with E-state index in [4.69, 9.17) is 16.3 Å². The van der Waals surface area contributed by atoms with Crippen LogP contribution in [0.25, 0.3) is 0 Å². The van der Waals surface area contributed by atoms with Gasteiger partial charge in [-0.15, -0.1) is 5.10 Å². The van der Waals surface area contributed by atoms with Gasteiger partial charge in [-0.05, 0) is 5.92 Å². The summed E-state index contributed by atoms with van der Waals surface area (Å²) in [6, 6.07) is 1.66. The number of halogens is 1. The molecule has 0 radical (unpaired) electrons. The van der Waals surface area contributed by atoms with Gasteiger partial charge in [0, 0.05) is 6.07 Å². The number of aromatic nitrogens is 2. The molecule has 0 aliphatic carbocycles.